The van der Waals surface area contributed by atoms with Gasteiger partial charge in [-0.05, 0) is 6.07 Å². The van der Waals surface area contributed by atoms with Crippen LogP contribution in [-0.2, 0) is 11.3 Å². The molecule has 0 fully saturated rings. The minimum atomic E-state index is -0.166. The molecule has 0 saturated carbocycles. The number of hydrogen-bond donors (Lipinski definition) is 1. The predicted molar refractivity (Wildman–Crippen MR) is 44.8 cm³/mol. The summed E-state index contributed by atoms with van der Waals surface area (Å²) in [6.07, 6.45) is 0. The number of nitrogen functional groups attached to an aromatic ring is 1. The van der Waals surface area contributed by atoms with Crippen molar-refractivity contribution >= 4 is 5.82 Å². The first kappa shape index (κ1) is 8.73. The van der Waals surface area contributed by atoms with Crippen LogP contribution in [0.3, 0.4) is 0 Å². The Morgan fingerprint density at radius 3 is 3.08 bits per heavy atom. The van der Waals surface area contributed by atoms with Crippen LogP contribution in [0.15, 0.2) is 16.9 Å². The predicted octanol–water partition coefficient (Wildman–Crippen LogP) is -0.528. The summed E-state index contributed by atoms with van der Waals surface area (Å²) in [7, 11) is 1.57. The third-order valence-electron chi connectivity index (χ3n) is 1.39. The maximum atomic E-state index is 11.1. The minimum Gasteiger partial charge on any atom is -0.383 e. The van der Waals surface area contributed by atoms with Crippen molar-refractivity contribution in [2.24, 2.45) is 0 Å². The van der Waals surface area contributed by atoms with Crippen LogP contribution < -0.4 is 11.3 Å². The number of nitrogens with two attached hydrogens (primary N) is 1. The fourth-order valence-electron chi connectivity index (χ4n) is 0.803. The van der Waals surface area contributed by atoms with Crippen LogP contribution in [0.2, 0.25) is 0 Å². The first-order chi connectivity index (χ1) is 5.74. The van der Waals surface area contributed by atoms with Crippen molar-refractivity contribution in [1.82, 2.24) is 9.78 Å². The van der Waals surface area contributed by atoms with Gasteiger partial charge in [0.2, 0.25) is 0 Å². The summed E-state index contributed by atoms with van der Waals surface area (Å²) >= 11 is 0. The molecule has 0 unspecified atom stereocenters. The molecule has 1 rings (SSSR count). The van der Waals surface area contributed by atoms with Crippen LogP contribution in [0, 0.1) is 0 Å². The SMILES string of the molecule is COCCn1nc(N)ccc1=O. The van der Waals surface area contributed by atoms with Crippen LogP contribution in [-0.4, -0.2) is 23.5 Å². The Labute approximate surface area is 69.8 Å². The number of rotatable bonds is 3. The molecule has 2 N–H and O–H groups in total. The maximum Gasteiger partial charge on any atom is 0.266 e. The van der Waals surface area contributed by atoms with Gasteiger partial charge in [-0.2, -0.15) is 5.10 Å². The van der Waals surface area contributed by atoms with E-state index in [1.54, 1.807) is 7.11 Å². The van der Waals surface area contributed by atoms with E-state index in [9.17, 15) is 4.79 Å². The highest BCUT2D eigenvalue weighted by Gasteiger charge is 1.96. The summed E-state index contributed by atoms with van der Waals surface area (Å²) in [5, 5.41) is 3.81. The monoisotopic (exact) mass is 169 g/mol. The zero-order chi connectivity index (χ0) is 8.97. The van der Waals surface area contributed by atoms with Gasteiger partial charge in [0.05, 0.1) is 13.2 Å². The molecular weight excluding hydrogens is 158 g/mol. The number of nitrogens with zero attached hydrogens (tertiary/aromatic N) is 2. The second kappa shape index (κ2) is 3.87. The Balaban J connectivity index is 2.83. The third kappa shape index (κ3) is 2.06. The molecule has 0 atom stereocenters. The molecule has 0 aromatic carbocycles. The van der Waals surface area contributed by atoms with Crippen molar-refractivity contribution in [2.75, 3.05) is 19.5 Å². The Hall–Kier alpha value is -1.36. The molecule has 66 valence electrons. The Bertz CT molecular complexity index is 308. The number of aromatic nitrogens is 2. The summed E-state index contributed by atoms with van der Waals surface area (Å²) in [5.41, 5.74) is 5.22. The Morgan fingerprint density at radius 1 is 1.67 bits per heavy atom. The fourth-order valence-corrected chi connectivity index (χ4v) is 0.803. The highest BCUT2D eigenvalue weighted by Crippen LogP contribution is 1.88. The van der Waals surface area contributed by atoms with Crippen molar-refractivity contribution in [1.29, 1.82) is 0 Å². The molecule has 5 nitrogen and oxygen atoms in total. The average Bonchev–Trinajstić information content (AvgIpc) is 2.07. The molecule has 1 aromatic heterocycles. The maximum absolute atomic E-state index is 11.1. The number of hydrogen-bond acceptors (Lipinski definition) is 4. The van der Waals surface area contributed by atoms with Gasteiger partial charge in [-0.15, -0.1) is 0 Å². The van der Waals surface area contributed by atoms with Crippen molar-refractivity contribution < 1.29 is 4.74 Å². The van der Waals surface area contributed by atoms with E-state index in [1.165, 1.54) is 16.8 Å². The quantitative estimate of drug-likeness (QED) is 0.660. The highest BCUT2D eigenvalue weighted by molar-refractivity contribution is 5.23. The second-order valence-electron chi connectivity index (χ2n) is 2.31. The molecule has 1 heterocycles. The van der Waals surface area contributed by atoms with Gasteiger partial charge in [-0.1, -0.05) is 0 Å². The third-order valence-corrected chi connectivity index (χ3v) is 1.39. The summed E-state index contributed by atoms with van der Waals surface area (Å²) in [6, 6.07) is 2.86. The molecule has 0 radical (unpaired) electrons. The Morgan fingerprint density at radius 2 is 2.42 bits per heavy atom. The van der Waals surface area contributed by atoms with E-state index < -0.39 is 0 Å². The van der Waals surface area contributed by atoms with Crippen LogP contribution >= 0.6 is 0 Å². The molecule has 0 amide bonds. The van der Waals surface area contributed by atoms with Crippen LogP contribution in [0.5, 0.6) is 0 Å². The van der Waals surface area contributed by atoms with Gasteiger partial charge in [0.15, 0.2) is 0 Å². The lowest BCUT2D eigenvalue weighted by atomic mass is 10.5. The van der Waals surface area contributed by atoms with E-state index in [0.29, 0.717) is 19.0 Å². The topological polar surface area (TPSA) is 70.1 Å². The van der Waals surface area contributed by atoms with E-state index in [2.05, 4.69) is 5.10 Å². The second-order valence-corrected chi connectivity index (χ2v) is 2.31. The molecule has 0 bridgehead atoms. The highest BCUT2D eigenvalue weighted by atomic mass is 16.5. The molecule has 0 aliphatic heterocycles. The molecule has 1 aromatic rings. The first-order valence-corrected chi connectivity index (χ1v) is 3.56. The van der Waals surface area contributed by atoms with Crippen molar-refractivity contribution in [3.63, 3.8) is 0 Å². The molecule has 0 aliphatic carbocycles. The first-order valence-electron chi connectivity index (χ1n) is 3.56. The summed E-state index contributed by atoms with van der Waals surface area (Å²) in [5.74, 6) is 0.339. The van der Waals surface area contributed by atoms with Crippen LogP contribution in [0.25, 0.3) is 0 Å². The van der Waals surface area contributed by atoms with Gasteiger partial charge in [0, 0.05) is 13.2 Å². The lowest BCUT2D eigenvalue weighted by Gasteiger charge is -2.02. The van der Waals surface area contributed by atoms with E-state index in [4.69, 9.17) is 10.5 Å². The number of methoxy groups -OCH3 is 1. The average molecular weight is 169 g/mol. The zero-order valence-electron chi connectivity index (χ0n) is 6.86. The van der Waals surface area contributed by atoms with Crippen LogP contribution in [0.4, 0.5) is 5.82 Å². The van der Waals surface area contributed by atoms with Crippen LogP contribution in [0.1, 0.15) is 0 Å². The van der Waals surface area contributed by atoms with Gasteiger partial charge in [-0.3, -0.25) is 4.79 Å². The van der Waals surface area contributed by atoms with E-state index in [1.807, 2.05) is 0 Å². The number of ether oxygens (including phenoxy) is 1. The largest absolute Gasteiger partial charge is 0.383 e. The van der Waals surface area contributed by atoms with E-state index in [0.717, 1.165) is 0 Å². The van der Waals surface area contributed by atoms with Crippen molar-refractivity contribution in [3.05, 3.63) is 22.5 Å². The summed E-state index contributed by atoms with van der Waals surface area (Å²) in [6.45, 7) is 0.886. The molecular formula is C7H11N3O2. The minimum absolute atomic E-state index is 0.166. The van der Waals surface area contributed by atoms with Gasteiger partial charge in [-0.25, -0.2) is 4.68 Å². The molecule has 5 heteroatoms. The van der Waals surface area contributed by atoms with E-state index in [-0.39, 0.29) is 5.56 Å². The molecule has 0 saturated heterocycles. The summed E-state index contributed by atoms with van der Waals surface area (Å²) < 4.78 is 6.08. The molecule has 0 spiro atoms. The lowest BCUT2D eigenvalue weighted by molar-refractivity contribution is 0.182. The van der Waals surface area contributed by atoms with Gasteiger partial charge in [0.1, 0.15) is 5.82 Å². The summed E-state index contributed by atoms with van der Waals surface area (Å²) in [4.78, 5) is 11.1. The molecule has 0 aliphatic rings. The van der Waals surface area contributed by atoms with Crippen molar-refractivity contribution in [2.45, 2.75) is 6.54 Å². The van der Waals surface area contributed by atoms with E-state index >= 15 is 0 Å². The van der Waals surface area contributed by atoms with Gasteiger partial charge >= 0.3 is 0 Å². The van der Waals surface area contributed by atoms with Gasteiger partial charge in [0.25, 0.3) is 5.56 Å². The van der Waals surface area contributed by atoms with Crippen molar-refractivity contribution in [3.8, 4) is 0 Å². The number of anilines is 1. The standard InChI is InChI=1S/C7H11N3O2/c1-12-5-4-10-7(11)3-2-6(8)9-10/h2-3H,4-5H2,1H3,(H2,8,9). The van der Waals surface area contributed by atoms with Gasteiger partial charge < -0.3 is 10.5 Å². The normalized spacial score (nSPS) is 10.1. The Kier molecular flexibility index (Phi) is 2.82. The lowest BCUT2D eigenvalue weighted by Crippen LogP contribution is -2.24. The fraction of sp³-hybridized carbons (Fsp3) is 0.429. The zero-order valence-corrected chi connectivity index (χ0v) is 6.86. The smallest absolute Gasteiger partial charge is 0.266 e. The molecule has 12 heavy (non-hydrogen) atoms.